The number of furan rings is 2. The minimum atomic E-state index is -0.147. The third-order valence-corrected chi connectivity index (χ3v) is 6.20. The van der Waals surface area contributed by atoms with Gasteiger partial charge in [0.2, 0.25) is 5.82 Å². The van der Waals surface area contributed by atoms with Gasteiger partial charge < -0.3 is 14.2 Å². The second-order valence-electron chi connectivity index (χ2n) is 7.71. The second-order valence-corrected chi connectivity index (χ2v) is 8.65. The fourth-order valence-electron chi connectivity index (χ4n) is 3.56. The third kappa shape index (κ3) is 4.82. The lowest BCUT2D eigenvalue weighted by molar-refractivity contribution is 0.0948. The third-order valence-electron chi connectivity index (χ3n) is 5.20. The van der Waals surface area contributed by atoms with E-state index in [9.17, 15) is 4.79 Å². The van der Waals surface area contributed by atoms with Gasteiger partial charge in [-0.15, -0.1) is 10.2 Å². The van der Waals surface area contributed by atoms with E-state index in [1.54, 1.807) is 36.4 Å². The van der Waals surface area contributed by atoms with Crippen LogP contribution < -0.4 is 5.32 Å². The second kappa shape index (κ2) is 9.84. The number of carbonyl (C=O) groups excluding carboxylic acids is 1. The molecule has 170 valence electrons. The van der Waals surface area contributed by atoms with Crippen molar-refractivity contribution in [3.05, 3.63) is 108 Å². The van der Waals surface area contributed by atoms with Gasteiger partial charge in [-0.3, -0.25) is 9.36 Å². The Morgan fingerprint density at radius 1 is 0.971 bits per heavy atom. The number of carbonyl (C=O) groups is 1. The Hall–Kier alpha value is -4.04. The molecule has 0 unspecified atom stereocenters. The SMILES string of the molecule is Cc1cccc(-n2c(SCc3cccc(C(=O)NCc4ccco4)c3)nnc2-c2ccco2)c1. The Morgan fingerprint density at radius 2 is 1.82 bits per heavy atom. The number of thioether (sulfide) groups is 1. The molecule has 5 rings (SSSR count). The summed E-state index contributed by atoms with van der Waals surface area (Å²) >= 11 is 1.55. The summed E-state index contributed by atoms with van der Waals surface area (Å²) in [6.07, 6.45) is 3.21. The monoisotopic (exact) mass is 470 g/mol. The molecule has 8 heteroatoms. The van der Waals surface area contributed by atoms with E-state index in [1.165, 1.54) is 0 Å². The first-order chi connectivity index (χ1) is 16.7. The van der Waals surface area contributed by atoms with Crippen molar-refractivity contribution in [1.29, 1.82) is 0 Å². The fraction of sp³-hybridized carbons (Fsp3) is 0.115. The Morgan fingerprint density at radius 3 is 2.62 bits per heavy atom. The van der Waals surface area contributed by atoms with Gasteiger partial charge in [0.25, 0.3) is 5.91 Å². The van der Waals surface area contributed by atoms with Crippen molar-refractivity contribution in [2.75, 3.05) is 0 Å². The summed E-state index contributed by atoms with van der Waals surface area (Å²) in [4.78, 5) is 12.6. The number of nitrogens with one attached hydrogen (secondary N) is 1. The van der Waals surface area contributed by atoms with Gasteiger partial charge in [0.15, 0.2) is 10.9 Å². The number of hydrogen-bond donors (Lipinski definition) is 1. The van der Waals surface area contributed by atoms with Crippen molar-refractivity contribution in [2.45, 2.75) is 24.4 Å². The van der Waals surface area contributed by atoms with Gasteiger partial charge in [0.05, 0.1) is 24.8 Å². The molecular formula is C26H22N4O3S. The molecular weight excluding hydrogens is 448 g/mol. The quantitative estimate of drug-likeness (QED) is 0.295. The number of hydrogen-bond acceptors (Lipinski definition) is 6. The predicted molar refractivity (Wildman–Crippen MR) is 130 cm³/mol. The van der Waals surface area contributed by atoms with Crippen LogP contribution in [0.15, 0.2) is 99.3 Å². The lowest BCUT2D eigenvalue weighted by Crippen LogP contribution is -2.22. The summed E-state index contributed by atoms with van der Waals surface area (Å²) in [5, 5.41) is 12.5. The van der Waals surface area contributed by atoms with Crippen molar-refractivity contribution in [3.8, 4) is 17.3 Å². The minimum absolute atomic E-state index is 0.147. The summed E-state index contributed by atoms with van der Waals surface area (Å²) in [7, 11) is 0. The largest absolute Gasteiger partial charge is 0.467 e. The molecule has 0 aliphatic carbocycles. The first-order valence-corrected chi connectivity index (χ1v) is 11.7. The van der Waals surface area contributed by atoms with Crippen LogP contribution >= 0.6 is 11.8 Å². The molecule has 0 spiro atoms. The van der Waals surface area contributed by atoms with Crippen LogP contribution in [0, 0.1) is 6.92 Å². The lowest BCUT2D eigenvalue weighted by Gasteiger charge is -2.10. The molecule has 0 saturated carbocycles. The van der Waals surface area contributed by atoms with Crippen LogP contribution in [0.25, 0.3) is 17.3 Å². The zero-order chi connectivity index (χ0) is 23.3. The first kappa shape index (κ1) is 21.8. The van der Waals surface area contributed by atoms with Crippen LogP contribution in [0.3, 0.4) is 0 Å². The average molecular weight is 471 g/mol. The van der Waals surface area contributed by atoms with E-state index in [0.29, 0.717) is 35.2 Å². The summed E-state index contributed by atoms with van der Waals surface area (Å²) < 4.78 is 12.9. The fourth-order valence-corrected chi connectivity index (χ4v) is 4.46. The van der Waals surface area contributed by atoms with E-state index in [-0.39, 0.29) is 5.91 Å². The molecule has 2 aromatic carbocycles. The Balaban J connectivity index is 1.35. The highest BCUT2D eigenvalue weighted by Crippen LogP contribution is 2.30. The minimum Gasteiger partial charge on any atom is -0.467 e. The number of benzene rings is 2. The van der Waals surface area contributed by atoms with Gasteiger partial charge in [-0.05, 0) is 66.6 Å². The smallest absolute Gasteiger partial charge is 0.251 e. The lowest BCUT2D eigenvalue weighted by atomic mass is 10.1. The van der Waals surface area contributed by atoms with Crippen molar-refractivity contribution < 1.29 is 13.6 Å². The summed E-state index contributed by atoms with van der Waals surface area (Å²) in [5.74, 6) is 2.48. The van der Waals surface area contributed by atoms with Crippen molar-refractivity contribution in [1.82, 2.24) is 20.1 Å². The molecule has 3 aromatic heterocycles. The van der Waals surface area contributed by atoms with Gasteiger partial charge in [-0.25, -0.2) is 0 Å². The predicted octanol–water partition coefficient (Wildman–Crippen LogP) is 5.65. The van der Waals surface area contributed by atoms with Crippen LogP contribution in [-0.4, -0.2) is 20.7 Å². The van der Waals surface area contributed by atoms with Crippen LogP contribution in [0.4, 0.5) is 0 Å². The molecule has 3 heterocycles. The van der Waals surface area contributed by atoms with Crippen LogP contribution in [0.2, 0.25) is 0 Å². The number of nitrogens with zero attached hydrogens (tertiary/aromatic N) is 3. The molecule has 0 radical (unpaired) electrons. The van der Waals surface area contributed by atoms with Gasteiger partial charge in [-0.1, -0.05) is 36.0 Å². The van der Waals surface area contributed by atoms with Gasteiger partial charge in [0.1, 0.15) is 5.76 Å². The molecule has 0 aliphatic rings. The highest BCUT2D eigenvalue weighted by molar-refractivity contribution is 7.98. The van der Waals surface area contributed by atoms with E-state index in [4.69, 9.17) is 8.83 Å². The van der Waals surface area contributed by atoms with Crippen molar-refractivity contribution in [3.63, 3.8) is 0 Å². The Labute approximate surface area is 200 Å². The first-order valence-electron chi connectivity index (χ1n) is 10.8. The summed E-state index contributed by atoms with van der Waals surface area (Å²) in [6, 6.07) is 23.1. The van der Waals surface area contributed by atoms with Crippen molar-refractivity contribution >= 4 is 17.7 Å². The van der Waals surface area contributed by atoms with E-state index >= 15 is 0 Å². The van der Waals surface area contributed by atoms with Gasteiger partial charge in [-0.2, -0.15) is 0 Å². The molecule has 0 atom stereocenters. The summed E-state index contributed by atoms with van der Waals surface area (Å²) in [5.41, 5.74) is 3.71. The highest BCUT2D eigenvalue weighted by Gasteiger charge is 2.18. The topological polar surface area (TPSA) is 86.1 Å². The molecule has 0 bridgehead atoms. The van der Waals surface area contributed by atoms with Gasteiger partial charge in [0, 0.05) is 11.3 Å². The van der Waals surface area contributed by atoms with E-state index in [2.05, 4.69) is 34.6 Å². The van der Waals surface area contributed by atoms with Crippen LogP contribution in [-0.2, 0) is 12.3 Å². The molecule has 1 N–H and O–H groups in total. The molecule has 1 amide bonds. The van der Waals surface area contributed by atoms with E-state index in [1.807, 2.05) is 53.1 Å². The Bertz CT molecular complexity index is 1390. The zero-order valence-electron chi connectivity index (χ0n) is 18.5. The van der Waals surface area contributed by atoms with E-state index in [0.717, 1.165) is 22.0 Å². The van der Waals surface area contributed by atoms with Crippen LogP contribution in [0.1, 0.15) is 27.2 Å². The molecule has 0 saturated heterocycles. The number of rotatable bonds is 8. The average Bonchev–Trinajstić information content (AvgIpc) is 3.63. The normalized spacial score (nSPS) is 11.0. The van der Waals surface area contributed by atoms with Crippen LogP contribution in [0.5, 0.6) is 0 Å². The highest BCUT2D eigenvalue weighted by atomic mass is 32.2. The maximum absolute atomic E-state index is 12.6. The molecule has 0 fully saturated rings. The molecule has 5 aromatic rings. The Kier molecular flexibility index (Phi) is 6.31. The maximum Gasteiger partial charge on any atom is 0.251 e. The zero-order valence-corrected chi connectivity index (χ0v) is 19.3. The number of aryl methyl sites for hydroxylation is 1. The van der Waals surface area contributed by atoms with Gasteiger partial charge >= 0.3 is 0 Å². The molecule has 0 aliphatic heterocycles. The number of amides is 1. The summed E-state index contributed by atoms with van der Waals surface area (Å²) in [6.45, 7) is 2.40. The maximum atomic E-state index is 12.6. The standard InChI is InChI=1S/C26H22N4O3S/c1-18-6-2-9-21(14-18)30-24(23-11-5-13-33-23)28-29-26(30)34-17-19-7-3-8-20(15-19)25(31)27-16-22-10-4-12-32-22/h2-15H,16-17H2,1H3,(H,27,31). The molecule has 7 nitrogen and oxygen atoms in total. The van der Waals surface area contributed by atoms with E-state index < -0.39 is 0 Å². The number of aromatic nitrogens is 3. The van der Waals surface area contributed by atoms with Crippen molar-refractivity contribution in [2.24, 2.45) is 0 Å². The molecule has 34 heavy (non-hydrogen) atoms.